The van der Waals surface area contributed by atoms with E-state index in [1.165, 1.54) is 7.11 Å². The number of carboxylic acids is 1. The van der Waals surface area contributed by atoms with Gasteiger partial charge in [0.15, 0.2) is 11.5 Å². The Kier molecular flexibility index (Phi) is 7.02. The number of carbonyl (C=O) groups excluding carboxylic acids is 1. The van der Waals surface area contributed by atoms with Crippen LogP contribution >= 0.6 is 35.6 Å². The van der Waals surface area contributed by atoms with E-state index in [2.05, 4.69) is 0 Å². The van der Waals surface area contributed by atoms with Crippen LogP contribution < -0.4 is 9.47 Å². The Hall–Kier alpha value is -2.55. The van der Waals surface area contributed by atoms with E-state index in [9.17, 15) is 9.59 Å². The van der Waals surface area contributed by atoms with Crippen LogP contribution in [0.3, 0.4) is 0 Å². The number of benzene rings is 2. The average molecular weight is 464 g/mol. The van der Waals surface area contributed by atoms with Gasteiger partial charge in [-0.05, 0) is 42.3 Å². The number of hydrogen-bond donors (Lipinski definition) is 1. The lowest BCUT2D eigenvalue weighted by molar-refractivity contribution is -0.140. The van der Waals surface area contributed by atoms with E-state index in [4.69, 9.17) is 38.4 Å². The molecule has 1 fully saturated rings. The maximum absolute atomic E-state index is 12.5. The van der Waals surface area contributed by atoms with E-state index < -0.39 is 18.4 Å². The minimum Gasteiger partial charge on any atom is -0.493 e. The van der Waals surface area contributed by atoms with E-state index in [1.54, 1.807) is 24.3 Å². The predicted molar refractivity (Wildman–Crippen MR) is 121 cm³/mol. The van der Waals surface area contributed by atoms with E-state index in [0.717, 1.165) is 27.8 Å². The number of carboxylic acid groups (broad SMARTS) is 1. The van der Waals surface area contributed by atoms with Crippen molar-refractivity contribution in [3.63, 3.8) is 0 Å². The van der Waals surface area contributed by atoms with Gasteiger partial charge in [-0.25, -0.2) is 0 Å². The quantitative estimate of drug-likeness (QED) is 0.477. The molecule has 1 saturated heterocycles. The number of aliphatic carboxylic acids is 1. The van der Waals surface area contributed by atoms with Crippen LogP contribution in [0, 0.1) is 6.92 Å². The summed E-state index contributed by atoms with van der Waals surface area (Å²) in [6.45, 7) is 1.75. The van der Waals surface area contributed by atoms with Crippen molar-refractivity contribution in [1.29, 1.82) is 0 Å². The van der Waals surface area contributed by atoms with E-state index >= 15 is 0 Å². The molecule has 0 saturated carbocycles. The molecule has 0 aromatic heterocycles. The van der Waals surface area contributed by atoms with Crippen LogP contribution in [0.2, 0.25) is 5.02 Å². The number of ether oxygens (including phenoxy) is 2. The Morgan fingerprint density at radius 3 is 2.70 bits per heavy atom. The number of aryl methyl sites for hydroxylation is 1. The number of halogens is 1. The molecule has 6 nitrogen and oxygen atoms in total. The van der Waals surface area contributed by atoms with Gasteiger partial charge in [-0.2, -0.15) is 0 Å². The highest BCUT2D eigenvalue weighted by Crippen LogP contribution is 2.35. The van der Waals surface area contributed by atoms with Crippen molar-refractivity contribution in [2.75, 3.05) is 13.7 Å². The summed E-state index contributed by atoms with van der Waals surface area (Å²) in [5, 5.41) is 9.56. The molecular formula is C21H18ClNO5S2. The number of methoxy groups -OCH3 is 1. The molecule has 0 bridgehead atoms. The topological polar surface area (TPSA) is 76.1 Å². The largest absolute Gasteiger partial charge is 0.493 e. The molecule has 1 N–H and O–H groups in total. The monoisotopic (exact) mass is 463 g/mol. The number of rotatable bonds is 7. The van der Waals surface area contributed by atoms with Crippen LogP contribution in [-0.4, -0.2) is 39.9 Å². The number of nitrogens with zero attached hydrogens (tertiary/aromatic N) is 1. The SMILES string of the molecule is COc1ccc(/C=C2\SC(=S)N(CC(=O)O)C2=O)cc1OCc1ccc(C)cc1Cl. The molecule has 9 heteroatoms. The second kappa shape index (κ2) is 9.51. The van der Waals surface area contributed by atoms with Crippen LogP contribution in [0.1, 0.15) is 16.7 Å². The van der Waals surface area contributed by atoms with Crippen LogP contribution in [-0.2, 0) is 16.2 Å². The van der Waals surface area contributed by atoms with Crippen molar-refractivity contribution >= 4 is 57.9 Å². The maximum atomic E-state index is 12.5. The van der Waals surface area contributed by atoms with Gasteiger partial charge in [0.25, 0.3) is 5.91 Å². The van der Waals surface area contributed by atoms with Crippen LogP contribution in [0.15, 0.2) is 41.3 Å². The minimum absolute atomic E-state index is 0.215. The first-order chi connectivity index (χ1) is 14.3. The Morgan fingerprint density at radius 1 is 1.27 bits per heavy atom. The van der Waals surface area contributed by atoms with Gasteiger partial charge in [0.1, 0.15) is 17.5 Å². The molecule has 1 amide bonds. The first kappa shape index (κ1) is 22.1. The number of hydrogen-bond acceptors (Lipinski definition) is 6. The molecule has 0 spiro atoms. The lowest BCUT2D eigenvalue weighted by Crippen LogP contribution is -2.33. The Labute approximate surface area is 188 Å². The molecule has 1 heterocycles. The van der Waals surface area contributed by atoms with Crippen molar-refractivity contribution in [3.8, 4) is 11.5 Å². The number of thioether (sulfide) groups is 1. The molecule has 1 aliphatic heterocycles. The van der Waals surface area contributed by atoms with Crippen molar-refractivity contribution in [2.24, 2.45) is 0 Å². The molecule has 2 aromatic carbocycles. The fourth-order valence-corrected chi connectivity index (χ4v) is 4.29. The zero-order valence-electron chi connectivity index (χ0n) is 16.2. The summed E-state index contributed by atoms with van der Waals surface area (Å²) in [7, 11) is 1.54. The summed E-state index contributed by atoms with van der Waals surface area (Å²) >= 11 is 12.5. The molecule has 0 unspecified atom stereocenters. The van der Waals surface area contributed by atoms with Crippen molar-refractivity contribution in [3.05, 3.63) is 63.0 Å². The van der Waals surface area contributed by atoms with Gasteiger partial charge >= 0.3 is 5.97 Å². The normalized spacial score (nSPS) is 15.0. The Morgan fingerprint density at radius 2 is 2.03 bits per heavy atom. The predicted octanol–water partition coefficient (Wildman–Crippen LogP) is 4.52. The van der Waals surface area contributed by atoms with Gasteiger partial charge in [0, 0.05) is 10.6 Å². The molecule has 0 radical (unpaired) electrons. The smallest absolute Gasteiger partial charge is 0.323 e. The van der Waals surface area contributed by atoms with Crippen LogP contribution in [0.25, 0.3) is 6.08 Å². The molecule has 0 aliphatic carbocycles. The minimum atomic E-state index is -1.12. The fraction of sp³-hybridized carbons (Fsp3) is 0.190. The molecule has 156 valence electrons. The Bertz CT molecular complexity index is 1050. The third kappa shape index (κ3) is 5.13. The zero-order valence-corrected chi connectivity index (χ0v) is 18.6. The van der Waals surface area contributed by atoms with Crippen molar-refractivity contribution in [2.45, 2.75) is 13.5 Å². The summed E-state index contributed by atoms with van der Waals surface area (Å²) < 4.78 is 11.5. The summed E-state index contributed by atoms with van der Waals surface area (Å²) in [6, 6.07) is 11.0. The number of carbonyl (C=O) groups is 2. The van der Waals surface area contributed by atoms with Crippen LogP contribution in [0.4, 0.5) is 0 Å². The Balaban J connectivity index is 1.82. The number of thiocarbonyl (C=S) groups is 1. The van der Waals surface area contributed by atoms with E-state index in [0.29, 0.717) is 27.0 Å². The summed E-state index contributed by atoms with van der Waals surface area (Å²) in [5.74, 6) is -0.530. The number of amides is 1. The van der Waals surface area contributed by atoms with Gasteiger partial charge in [-0.15, -0.1) is 0 Å². The molecule has 0 atom stereocenters. The molecule has 30 heavy (non-hydrogen) atoms. The first-order valence-electron chi connectivity index (χ1n) is 8.81. The second-order valence-corrected chi connectivity index (χ2v) is 8.54. The highest BCUT2D eigenvalue weighted by molar-refractivity contribution is 8.26. The zero-order chi connectivity index (χ0) is 21.8. The van der Waals surface area contributed by atoms with Gasteiger partial charge in [0.2, 0.25) is 0 Å². The van der Waals surface area contributed by atoms with Crippen LogP contribution in [0.5, 0.6) is 11.5 Å². The highest BCUT2D eigenvalue weighted by Gasteiger charge is 2.33. The third-order valence-corrected chi connectivity index (χ3v) is 5.97. The molecule has 2 aromatic rings. The summed E-state index contributed by atoms with van der Waals surface area (Å²) in [5.41, 5.74) is 2.59. The lowest BCUT2D eigenvalue weighted by Gasteiger charge is -2.13. The lowest BCUT2D eigenvalue weighted by atomic mass is 10.1. The van der Waals surface area contributed by atoms with Crippen molar-refractivity contribution < 1.29 is 24.2 Å². The average Bonchev–Trinajstić information content (AvgIpc) is 2.94. The highest BCUT2D eigenvalue weighted by atomic mass is 35.5. The van der Waals surface area contributed by atoms with Gasteiger partial charge in [-0.1, -0.05) is 53.8 Å². The molecule has 3 rings (SSSR count). The standard InChI is InChI=1S/C21H18ClNO5S2/c1-12-3-5-14(15(22)7-12)11-28-17-8-13(4-6-16(17)27-2)9-18-20(26)23(10-19(24)25)21(29)30-18/h3-9H,10-11H2,1-2H3,(H,24,25)/b18-9-. The van der Waals surface area contributed by atoms with Gasteiger partial charge in [-0.3, -0.25) is 14.5 Å². The van der Waals surface area contributed by atoms with Gasteiger partial charge < -0.3 is 14.6 Å². The van der Waals surface area contributed by atoms with E-state index in [1.807, 2.05) is 25.1 Å². The summed E-state index contributed by atoms with van der Waals surface area (Å²) in [6.07, 6.45) is 1.65. The maximum Gasteiger partial charge on any atom is 0.323 e. The first-order valence-corrected chi connectivity index (χ1v) is 10.4. The molecular weight excluding hydrogens is 446 g/mol. The van der Waals surface area contributed by atoms with E-state index in [-0.39, 0.29) is 10.9 Å². The second-order valence-electron chi connectivity index (χ2n) is 6.46. The fourth-order valence-electron chi connectivity index (χ4n) is 2.74. The molecule has 1 aliphatic rings. The summed E-state index contributed by atoms with van der Waals surface area (Å²) in [4.78, 5) is 24.8. The third-order valence-electron chi connectivity index (χ3n) is 4.24. The van der Waals surface area contributed by atoms with Gasteiger partial charge in [0.05, 0.1) is 12.0 Å². The van der Waals surface area contributed by atoms with Crippen molar-refractivity contribution in [1.82, 2.24) is 4.90 Å².